The van der Waals surface area contributed by atoms with Gasteiger partial charge in [-0.05, 0) is 42.5 Å². The van der Waals surface area contributed by atoms with Crippen molar-refractivity contribution < 1.29 is 8.68 Å². The second-order valence-electron chi connectivity index (χ2n) is 5.21. The van der Waals surface area contributed by atoms with Gasteiger partial charge in [0.25, 0.3) is 5.91 Å². The number of rotatable bonds is 5. The van der Waals surface area contributed by atoms with E-state index < -0.39 is 5.91 Å². The number of nitrogens with zero attached hydrogens (tertiary/aromatic N) is 4. The van der Waals surface area contributed by atoms with E-state index in [9.17, 15) is 8.68 Å². The fourth-order valence-electron chi connectivity index (χ4n) is 2.19. The monoisotopic (exact) mass is 402 g/mol. The molecule has 0 saturated heterocycles. The lowest BCUT2D eigenvalue weighted by Gasteiger charge is -2.06. The summed E-state index contributed by atoms with van der Waals surface area (Å²) in [6, 6.07) is 10.1. The first-order valence-corrected chi connectivity index (χ1v) is 8.60. The quantitative estimate of drug-likeness (QED) is 0.383. The first-order valence-electron chi connectivity index (χ1n) is 7.55. The molecule has 10 heteroatoms. The second-order valence-corrected chi connectivity index (χ2v) is 5.92. The summed E-state index contributed by atoms with van der Waals surface area (Å²) in [4.78, 5) is 24.6. The topological polar surface area (TPSA) is 106 Å². The zero-order chi connectivity index (χ0) is 19.2. The number of carbonyl (C=O) groups is 1. The van der Waals surface area contributed by atoms with Crippen molar-refractivity contribution in [1.82, 2.24) is 15.0 Å². The Morgan fingerprint density at radius 3 is 2.89 bits per heavy atom. The summed E-state index contributed by atoms with van der Waals surface area (Å²) in [6.07, 6.45) is 4.30. The Hall–Kier alpha value is -3.04. The van der Waals surface area contributed by atoms with E-state index in [1.54, 1.807) is 30.5 Å². The number of fused-ring (bicyclic) bond motifs is 1. The molecule has 0 fully saturated rings. The Labute approximate surface area is 163 Å². The molecule has 0 aliphatic heterocycles. The van der Waals surface area contributed by atoms with E-state index in [2.05, 4.69) is 24.7 Å². The summed E-state index contributed by atoms with van der Waals surface area (Å²) in [7, 11) is 0. The lowest BCUT2D eigenvalue weighted by Crippen LogP contribution is -2.22. The smallest absolute Gasteiger partial charge is 0.276 e. The molecule has 0 atom stereocenters. The highest BCUT2D eigenvalue weighted by atomic mass is 35.5. The molecule has 0 unspecified atom stereocenters. The normalized spacial score (nSPS) is 12.2. The number of halogens is 2. The molecular formula is C17H12ClFN6OS. The summed E-state index contributed by atoms with van der Waals surface area (Å²) < 4.78 is 16.2. The van der Waals surface area contributed by atoms with Gasteiger partial charge in [-0.25, -0.2) is 15.0 Å². The summed E-state index contributed by atoms with van der Waals surface area (Å²) in [5, 5.41) is 3.61. The molecule has 3 N–H and O–H groups in total. The van der Waals surface area contributed by atoms with Gasteiger partial charge in [-0.1, -0.05) is 11.6 Å². The van der Waals surface area contributed by atoms with Crippen molar-refractivity contribution in [3.63, 3.8) is 0 Å². The minimum absolute atomic E-state index is 0.176. The first-order chi connectivity index (χ1) is 13.1. The SMILES string of the molecule is N/C(=C\C(=N\SF)C(=O)Nc1ccc2cccnc2n1)c1ccnc(Cl)c1. The van der Waals surface area contributed by atoms with Crippen molar-refractivity contribution in [1.29, 1.82) is 0 Å². The molecule has 0 saturated carbocycles. The number of anilines is 1. The summed E-state index contributed by atoms with van der Waals surface area (Å²) in [5.74, 6) is -0.423. The third kappa shape index (κ3) is 4.78. The molecule has 3 aromatic heterocycles. The summed E-state index contributed by atoms with van der Waals surface area (Å²) >= 11 is 5.47. The molecule has 0 bridgehead atoms. The van der Waals surface area contributed by atoms with Crippen molar-refractivity contribution in [2.45, 2.75) is 0 Å². The van der Waals surface area contributed by atoms with Crippen LogP contribution in [-0.2, 0) is 4.79 Å². The van der Waals surface area contributed by atoms with Crippen molar-refractivity contribution in [3.8, 4) is 0 Å². The van der Waals surface area contributed by atoms with Crippen LogP contribution in [0, 0.1) is 0 Å². The molecule has 1 amide bonds. The lowest BCUT2D eigenvalue weighted by atomic mass is 10.1. The van der Waals surface area contributed by atoms with Crippen LogP contribution in [0.1, 0.15) is 5.56 Å². The zero-order valence-corrected chi connectivity index (χ0v) is 15.2. The molecule has 7 nitrogen and oxygen atoms in total. The van der Waals surface area contributed by atoms with Gasteiger partial charge in [-0.2, -0.15) is 4.40 Å². The Balaban J connectivity index is 1.84. The number of hydrogen-bond acceptors (Lipinski definition) is 7. The Morgan fingerprint density at radius 1 is 1.26 bits per heavy atom. The van der Waals surface area contributed by atoms with E-state index in [1.807, 2.05) is 6.07 Å². The highest BCUT2D eigenvalue weighted by Crippen LogP contribution is 2.16. The Morgan fingerprint density at radius 2 is 2.11 bits per heavy atom. The summed E-state index contributed by atoms with van der Waals surface area (Å²) in [5.41, 5.74) is 6.90. The summed E-state index contributed by atoms with van der Waals surface area (Å²) in [6.45, 7) is 0. The average molecular weight is 403 g/mol. The van der Waals surface area contributed by atoms with Gasteiger partial charge in [-0.15, -0.1) is 3.89 Å². The van der Waals surface area contributed by atoms with E-state index >= 15 is 0 Å². The van der Waals surface area contributed by atoms with Crippen LogP contribution in [0.25, 0.3) is 16.7 Å². The highest BCUT2D eigenvalue weighted by Gasteiger charge is 2.13. The third-order valence-electron chi connectivity index (χ3n) is 3.42. The van der Waals surface area contributed by atoms with Crippen LogP contribution in [-0.4, -0.2) is 26.6 Å². The van der Waals surface area contributed by atoms with Crippen molar-refractivity contribution in [2.24, 2.45) is 10.1 Å². The molecule has 3 aromatic rings. The molecular weight excluding hydrogens is 391 g/mol. The molecule has 0 radical (unpaired) electrons. The largest absolute Gasteiger partial charge is 0.398 e. The van der Waals surface area contributed by atoms with Crippen molar-refractivity contribution in [3.05, 3.63) is 65.6 Å². The number of pyridine rings is 3. The van der Waals surface area contributed by atoms with Gasteiger partial charge in [0.05, 0.1) is 0 Å². The van der Waals surface area contributed by atoms with Crippen molar-refractivity contribution in [2.75, 3.05) is 5.32 Å². The maximum absolute atomic E-state index is 12.7. The minimum atomic E-state index is -0.675. The molecule has 0 aromatic carbocycles. The number of nitrogens with one attached hydrogen (secondary N) is 1. The first kappa shape index (κ1) is 18.7. The van der Waals surface area contributed by atoms with Gasteiger partial charge >= 0.3 is 0 Å². The van der Waals surface area contributed by atoms with Gasteiger partial charge in [0.15, 0.2) is 18.0 Å². The van der Waals surface area contributed by atoms with Crippen molar-refractivity contribution >= 4 is 58.1 Å². The maximum Gasteiger partial charge on any atom is 0.276 e. The van der Waals surface area contributed by atoms with Gasteiger partial charge < -0.3 is 11.1 Å². The van der Waals surface area contributed by atoms with Crippen LogP contribution in [0.15, 0.2) is 59.3 Å². The zero-order valence-electron chi connectivity index (χ0n) is 13.6. The standard InChI is InChI=1S/C17H12ClFN6OS/c18-14-8-11(5-7-21-14)12(20)9-13(25-27-19)17(26)24-15-4-3-10-2-1-6-22-16(10)23-15/h1-9H,20H2,(H,22,23,24,26)/b12-9-,25-13-. The molecule has 27 heavy (non-hydrogen) atoms. The van der Waals surface area contributed by atoms with Gasteiger partial charge in [-0.3, -0.25) is 4.79 Å². The van der Waals surface area contributed by atoms with Crippen LogP contribution >= 0.6 is 23.9 Å². The van der Waals surface area contributed by atoms with E-state index in [4.69, 9.17) is 17.3 Å². The Kier molecular flexibility index (Phi) is 5.94. The van der Waals surface area contributed by atoms with Crippen LogP contribution in [0.4, 0.5) is 9.70 Å². The number of hydrogen-bond donors (Lipinski definition) is 2. The molecule has 3 heterocycles. The molecule has 136 valence electrons. The fourth-order valence-corrected chi connectivity index (χ4v) is 2.57. The average Bonchev–Trinajstić information content (AvgIpc) is 2.67. The molecule has 0 spiro atoms. The number of carbonyl (C=O) groups excluding carboxylic acids is 1. The van der Waals surface area contributed by atoms with E-state index in [-0.39, 0.29) is 34.7 Å². The maximum atomic E-state index is 12.7. The lowest BCUT2D eigenvalue weighted by molar-refractivity contribution is -0.110. The predicted octanol–water partition coefficient (Wildman–Crippen LogP) is 3.59. The highest BCUT2D eigenvalue weighted by molar-refractivity contribution is 7.93. The van der Waals surface area contributed by atoms with E-state index in [0.717, 1.165) is 5.39 Å². The number of nitrogens with two attached hydrogens (primary N) is 1. The minimum Gasteiger partial charge on any atom is -0.398 e. The van der Waals surface area contributed by atoms with E-state index in [1.165, 1.54) is 18.3 Å². The number of amides is 1. The second kappa shape index (κ2) is 8.56. The molecule has 3 rings (SSSR count). The van der Waals surface area contributed by atoms with Gasteiger partial charge in [0, 0.05) is 29.0 Å². The number of aromatic nitrogens is 3. The predicted molar refractivity (Wildman–Crippen MR) is 106 cm³/mol. The van der Waals surface area contributed by atoms with Gasteiger partial charge in [0.1, 0.15) is 16.7 Å². The van der Waals surface area contributed by atoms with E-state index in [0.29, 0.717) is 11.2 Å². The van der Waals surface area contributed by atoms with Crippen LogP contribution in [0.3, 0.4) is 0 Å². The van der Waals surface area contributed by atoms with Crippen LogP contribution in [0.5, 0.6) is 0 Å². The molecule has 0 aliphatic carbocycles. The van der Waals surface area contributed by atoms with Crippen LogP contribution in [0.2, 0.25) is 5.15 Å². The fraction of sp³-hybridized carbons (Fsp3) is 0. The third-order valence-corrected chi connectivity index (χ3v) is 3.90. The molecule has 0 aliphatic rings. The Bertz CT molecular complexity index is 1060. The van der Waals surface area contributed by atoms with Gasteiger partial charge in [0.2, 0.25) is 0 Å². The van der Waals surface area contributed by atoms with Crippen LogP contribution < -0.4 is 11.1 Å².